The molecule has 7 heteroatoms. The van der Waals surface area contributed by atoms with Crippen LogP contribution in [0, 0.1) is 0 Å². The van der Waals surface area contributed by atoms with Crippen LogP contribution in [0.4, 0.5) is 0 Å². The monoisotopic (exact) mass is 392 g/mol. The Hall–Kier alpha value is -3.61. The van der Waals surface area contributed by atoms with Gasteiger partial charge in [0.05, 0.1) is 6.20 Å². The van der Waals surface area contributed by atoms with Crippen LogP contribution in [0.1, 0.15) is 23.1 Å². The highest BCUT2D eigenvalue weighted by Crippen LogP contribution is 2.21. The van der Waals surface area contributed by atoms with E-state index < -0.39 is 5.91 Å². The summed E-state index contributed by atoms with van der Waals surface area (Å²) in [5.41, 5.74) is 7.90. The maximum Gasteiger partial charge on any atom is 0.276 e. The van der Waals surface area contributed by atoms with Gasteiger partial charge in [-0.2, -0.15) is 5.10 Å². The topological polar surface area (TPSA) is 85.2 Å². The molecule has 7 nitrogen and oxygen atoms in total. The molecule has 3 rings (SSSR count). The second-order valence-electron chi connectivity index (χ2n) is 6.68. The number of nitrogens with one attached hydrogen (secondary N) is 2. The van der Waals surface area contributed by atoms with Crippen molar-refractivity contribution in [3.8, 4) is 5.75 Å². The third-order valence-corrected chi connectivity index (χ3v) is 4.31. The van der Waals surface area contributed by atoms with Crippen LogP contribution in [0.25, 0.3) is 0 Å². The maximum absolute atomic E-state index is 12.0. The molecule has 29 heavy (non-hydrogen) atoms. The number of ether oxygens (including phenoxy) is 1. The minimum atomic E-state index is -0.422. The number of benzene rings is 2. The largest absolute Gasteiger partial charge is 0.483 e. The highest BCUT2D eigenvalue weighted by molar-refractivity contribution is 5.82. The first kappa shape index (κ1) is 20.1. The minimum absolute atomic E-state index is 0.186. The van der Waals surface area contributed by atoms with Gasteiger partial charge in [0.15, 0.2) is 6.61 Å². The first-order valence-corrected chi connectivity index (χ1v) is 9.40. The molecule has 3 aromatic rings. The van der Waals surface area contributed by atoms with E-state index in [1.54, 1.807) is 10.9 Å². The number of hydrazine groups is 1. The highest BCUT2D eigenvalue weighted by Gasteiger charge is 2.09. The molecule has 0 aliphatic carbocycles. The van der Waals surface area contributed by atoms with Crippen molar-refractivity contribution in [3.05, 3.63) is 83.7 Å². The number of carbonyl (C=O) groups is 2. The van der Waals surface area contributed by atoms with E-state index in [9.17, 15) is 9.59 Å². The van der Waals surface area contributed by atoms with E-state index in [0.717, 1.165) is 16.7 Å². The fourth-order valence-corrected chi connectivity index (χ4v) is 2.85. The SMILES string of the molecule is Cn1cc(CCC(=O)NNC(=O)COc2ccccc2Cc2ccccc2)cn1. The number of carbonyl (C=O) groups excluding carboxylic acids is 2. The summed E-state index contributed by atoms with van der Waals surface area (Å²) in [4.78, 5) is 23.9. The molecule has 150 valence electrons. The Kier molecular flexibility index (Phi) is 7.00. The molecule has 0 radical (unpaired) electrons. The molecule has 2 N–H and O–H groups in total. The van der Waals surface area contributed by atoms with Crippen molar-refractivity contribution < 1.29 is 14.3 Å². The van der Waals surface area contributed by atoms with Crippen LogP contribution in [-0.2, 0) is 29.5 Å². The van der Waals surface area contributed by atoms with Gasteiger partial charge in [-0.15, -0.1) is 0 Å². The molecule has 2 aromatic carbocycles. The molecule has 0 saturated carbocycles. The minimum Gasteiger partial charge on any atom is -0.483 e. The van der Waals surface area contributed by atoms with Crippen LogP contribution in [0.3, 0.4) is 0 Å². The van der Waals surface area contributed by atoms with E-state index in [1.165, 1.54) is 0 Å². The summed E-state index contributed by atoms with van der Waals surface area (Å²) in [5, 5.41) is 4.05. The van der Waals surface area contributed by atoms with E-state index in [0.29, 0.717) is 18.6 Å². The van der Waals surface area contributed by atoms with Crippen LogP contribution >= 0.6 is 0 Å². The van der Waals surface area contributed by atoms with Gasteiger partial charge in [0, 0.05) is 26.1 Å². The van der Waals surface area contributed by atoms with Crippen LogP contribution in [-0.4, -0.2) is 28.2 Å². The van der Waals surface area contributed by atoms with Crippen LogP contribution < -0.4 is 15.6 Å². The van der Waals surface area contributed by atoms with Crippen molar-refractivity contribution in [2.24, 2.45) is 7.05 Å². The molecular formula is C22H24N4O3. The number of hydrogen-bond donors (Lipinski definition) is 2. The summed E-state index contributed by atoms with van der Waals surface area (Å²) in [6, 6.07) is 17.6. The summed E-state index contributed by atoms with van der Waals surface area (Å²) >= 11 is 0. The van der Waals surface area contributed by atoms with Crippen molar-refractivity contribution >= 4 is 11.8 Å². The second kappa shape index (κ2) is 10.1. The van der Waals surface area contributed by atoms with Gasteiger partial charge in [0.1, 0.15) is 5.75 Å². The normalized spacial score (nSPS) is 10.4. The number of aryl methyl sites for hydroxylation is 2. The van der Waals surface area contributed by atoms with Crippen molar-refractivity contribution in [3.63, 3.8) is 0 Å². The summed E-state index contributed by atoms with van der Waals surface area (Å²) in [5.74, 6) is -0.0460. The van der Waals surface area contributed by atoms with Gasteiger partial charge in [-0.1, -0.05) is 48.5 Å². The highest BCUT2D eigenvalue weighted by atomic mass is 16.5. The predicted molar refractivity (Wildman–Crippen MR) is 109 cm³/mol. The third kappa shape index (κ3) is 6.49. The molecule has 0 unspecified atom stereocenters. The Labute approximate surface area is 169 Å². The number of nitrogens with zero attached hydrogens (tertiary/aromatic N) is 2. The lowest BCUT2D eigenvalue weighted by atomic mass is 10.0. The standard InChI is InChI=1S/C22H24N4O3/c1-26-15-18(14-23-26)11-12-21(27)24-25-22(28)16-29-20-10-6-5-9-19(20)13-17-7-3-2-4-8-17/h2-10,14-15H,11-13,16H2,1H3,(H,24,27)(H,25,28). The lowest BCUT2D eigenvalue weighted by molar-refractivity contribution is -0.130. The van der Waals surface area contributed by atoms with Crippen LogP contribution in [0.15, 0.2) is 67.0 Å². The Morgan fingerprint density at radius 1 is 0.966 bits per heavy atom. The van der Waals surface area contributed by atoms with Gasteiger partial charge < -0.3 is 4.74 Å². The summed E-state index contributed by atoms with van der Waals surface area (Å²) in [7, 11) is 1.82. The maximum atomic E-state index is 12.0. The second-order valence-corrected chi connectivity index (χ2v) is 6.68. The molecule has 0 aliphatic rings. The van der Waals surface area contributed by atoms with Crippen LogP contribution in [0.2, 0.25) is 0 Å². The fourth-order valence-electron chi connectivity index (χ4n) is 2.85. The summed E-state index contributed by atoms with van der Waals surface area (Å²) in [6.07, 6.45) is 5.09. The van der Waals surface area contributed by atoms with Gasteiger partial charge in [-0.05, 0) is 29.2 Å². The molecule has 1 heterocycles. The molecular weight excluding hydrogens is 368 g/mol. The molecule has 0 bridgehead atoms. The van der Waals surface area contributed by atoms with E-state index in [-0.39, 0.29) is 18.9 Å². The average molecular weight is 392 g/mol. The quantitative estimate of drug-likeness (QED) is 0.576. The Bertz CT molecular complexity index is 953. The number of amides is 2. The molecule has 0 saturated heterocycles. The molecule has 0 aliphatic heterocycles. The zero-order valence-electron chi connectivity index (χ0n) is 16.3. The van der Waals surface area contributed by atoms with Gasteiger partial charge in [0.2, 0.25) is 5.91 Å². The third-order valence-electron chi connectivity index (χ3n) is 4.31. The fraction of sp³-hybridized carbons (Fsp3) is 0.227. The molecule has 0 atom stereocenters. The number of rotatable bonds is 8. The summed E-state index contributed by atoms with van der Waals surface area (Å²) in [6.45, 7) is -0.186. The Morgan fingerprint density at radius 2 is 1.69 bits per heavy atom. The predicted octanol–water partition coefficient (Wildman–Crippen LogP) is 2.17. The zero-order chi connectivity index (χ0) is 20.5. The van der Waals surface area contributed by atoms with E-state index >= 15 is 0 Å². The van der Waals surface area contributed by atoms with E-state index in [4.69, 9.17) is 4.74 Å². The zero-order valence-corrected chi connectivity index (χ0v) is 16.3. The average Bonchev–Trinajstić information content (AvgIpc) is 3.16. The first-order valence-electron chi connectivity index (χ1n) is 9.40. The summed E-state index contributed by atoms with van der Waals surface area (Å²) < 4.78 is 7.34. The number of hydrogen-bond acceptors (Lipinski definition) is 4. The molecule has 1 aromatic heterocycles. The lowest BCUT2D eigenvalue weighted by Crippen LogP contribution is -2.43. The van der Waals surface area contributed by atoms with Gasteiger partial charge >= 0.3 is 0 Å². The van der Waals surface area contributed by atoms with Crippen molar-refractivity contribution in [2.45, 2.75) is 19.3 Å². The van der Waals surface area contributed by atoms with Crippen molar-refractivity contribution in [1.29, 1.82) is 0 Å². The lowest BCUT2D eigenvalue weighted by Gasteiger charge is -2.12. The number of para-hydroxylation sites is 1. The number of aromatic nitrogens is 2. The van der Waals surface area contributed by atoms with Gasteiger partial charge in [-0.3, -0.25) is 25.1 Å². The van der Waals surface area contributed by atoms with Crippen molar-refractivity contribution in [2.75, 3.05) is 6.61 Å². The smallest absolute Gasteiger partial charge is 0.276 e. The molecule has 2 amide bonds. The van der Waals surface area contributed by atoms with Crippen molar-refractivity contribution in [1.82, 2.24) is 20.6 Å². The van der Waals surface area contributed by atoms with Gasteiger partial charge in [0.25, 0.3) is 5.91 Å². The van der Waals surface area contributed by atoms with Gasteiger partial charge in [-0.25, -0.2) is 0 Å². The van der Waals surface area contributed by atoms with E-state index in [2.05, 4.69) is 16.0 Å². The van der Waals surface area contributed by atoms with Crippen LogP contribution in [0.5, 0.6) is 5.75 Å². The molecule has 0 spiro atoms. The Morgan fingerprint density at radius 3 is 2.45 bits per heavy atom. The Balaban J connectivity index is 1.43. The molecule has 0 fully saturated rings. The first-order chi connectivity index (χ1) is 14.1. The van der Waals surface area contributed by atoms with E-state index in [1.807, 2.05) is 67.8 Å².